The van der Waals surface area contributed by atoms with Gasteiger partial charge in [-0.2, -0.15) is 5.10 Å². The fraction of sp³-hybridized carbons (Fsp3) is 0.750. The van der Waals surface area contributed by atoms with E-state index in [1.54, 1.807) is 18.2 Å². The Balaban J connectivity index is 1.89. The molecule has 1 fully saturated rings. The fourth-order valence-corrected chi connectivity index (χ4v) is 3.40. The Morgan fingerprint density at radius 1 is 1.29 bits per heavy atom. The van der Waals surface area contributed by atoms with Gasteiger partial charge in [0.05, 0.1) is 12.0 Å². The first kappa shape index (κ1) is 22.2. The summed E-state index contributed by atoms with van der Waals surface area (Å²) in [6, 6.07) is 1.89. The van der Waals surface area contributed by atoms with Crippen LogP contribution in [0.4, 0.5) is 4.79 Å². The third-order valence-corrected chi connectivity index (χ3v) is 4.94. The van der Waals surface area contributed by atoms with E-state index in [1.807, 2.05) is 37.7 Å². The van der Waals surface area contributed by atoms with Crippen molar-refractivity contribution in [3.05, 3.63) is 18.5 Å². The number of carbonyl (C=O) groups is 2. The van der Waals surface area contributed by atoms with Crippen LogP contribution in [-0.4, -0.2) is 65.6 Å². The lowest BCUT2D eigenvalue weighted by atomic mass is 9.78. The number of amides is 2. The molecule has 158 valence electrons. The number of likely N-dealkylation sites (tertiary alicyclic amines) is 1. The van der Waals surface area contributed by atoms with Crippen molar-refractivity contribution in [2.45, 2.75) is 52.7 Å². The second-order valence-corrected chi connectivity index (χ2v) is 8.72. The van der Waals surface area contributed by atoms with Crippen molar-refractivity contribution < 1.29 is 19.1 Å². The molecule has 1 aliphatic rings. The maximum Gasteiger partial charge on any atom is 0.410 e. The SMILES string of the molecule is COCC1(C(=O)NC[C@H](C)Cn2cccn2)CCN(C(=O)OC(C)(C)C)CC1. The highest BCUT2D eigenvalue weighted by atomic mass is 16.6. The van der Waals surface area contributed by atoms with Gasteiger partial charge in [0.2, 0.25) is 5.91 Å². The van der Waals surface area contributed by atoms with Crippen molar-refractivity contribution in [2.75, 3.05) is 33.4 Å². The molecule has 0 saturated carbocycles. The van der Waals surface area contributed by atoms with Crippen LogP contribution in [0.15, 0.2) is 18.5 Å². The molecule has 8 nitrogen and oxygen atoms in total. The molecule has 2 rings (SSSR count). The average molecular weight is 395 g/mol. The number of nitrogens with zero attached hydrogens (tertiary/aromatic N) is 3. The maximum atomic E-state index is 13.0. The van der Waals surface area contributed by atoms with Gasteiger partial charge in [0.25, 0.3) is 0 Å². The summed E-state index contributed by atoms with van der Waals surface area (Å²) >= 11 is 0. The van der Waals surface area contributed by atoms with E-state index in [-0.39, 0.29) is 17.9 Å². The van der Waals surface area contributed by atoms with Gasteiger partial charge in [0, 0.05) is 45.7 Å². The van der Waals surface area contributed by atoms with Gasteiger partial charge in [-0.3, -0.25) is 9.48 Å². The second-order valence-electron chi connectivity index (χ2n) is 8.72. The summed E-state index contributed by atoms with van der Waals surface area (Å²) in [5.41, 5.74) is -1.14. The van der Waals surface area contributed by atoms with Gasteiger partial charge in [-0.25, -0.2) is 4.79 Å². The topological polar surface area (TPSA) is 85.7 Å². The lowest BCUT2D eigenvalue weighted by molar-refractivity contribution is -0.138. The number of piperidine rings is 1. The molecule has 1 aromatic rings. The highest BCUT2D eigenvalue weighted by Crippen LogP contribution is 2.33. The summed E-state index contributed by atoms with van der Waals surface area (Å²) in [4.78, 5) is 26.9. The van der Waals surface area contributed by atoms with E-state index < -0.39 is 11.0 Å². The third kappa shape index (κ3) is 6.22. The summed E-state index contributed by atoms with van der Waals surface area (Å²) in [6.07, 6.45) is 4.44. The van der Waals surface area contributed by atoms with E-state index in [9.17, 15) is 9.59 Å². The minimum Gasteiger partial charge on any atom is -0.444 e. The van der Waals surface area contributed by atoms with E-state index in [2.05, 4.69) is 17.3 Å². The maximum absolute atomic E-state index is 13.0. The molecule has 0 unspecified atom stereocenters. The smallest absolute Gasteiger partial charge is 0.410 e. The van der Waals surface area contributed by atoms with E-state index in [0.29, 0.717) is 39.1 Å². The summed E-state index contributed by atoms with van der Waals surface area (Å²) < 4.78 is 12.7. The molecule has 1 atom stereocenters. The van der Waals surface area contributed by atoms with Crippen molar-refractivity contribution in [3.63, 3.8) is 0 Å². The van der Waals surface area contributed by atoms with Crippen molar-refractivity contribution in [3.8, 4) is 0 Å². The third-order valence-electron chi connectivity index (χ3n) is 4.94. The highest BCUT2D eigenvalue weighted by Gasteiger charge is 2.43. The Labute approximate surface area is 167 Å². The Bertz CT molecular complexity index is 631. The van der Waals surface area contributed by atoms with Gasteiger partial charge < -0.3 is 19.7 Å². The number of nitrogens with one attached hydrogen (secondary N) is 1. The van der Waals surface area contributed by atoms with Crippen LogP contribution in [0.25, 0.3) is 0 Å². The van der Waals surface area contributed by atoms with Gasteiger partial charge in [-0.05, 0) is 45.6 Å². The quantitative estimate of drug-likeness (QED) is 0.767. The van der Waals surface area contributed by atoms with Crippen molar-refractivity contribution in [2.24, 2.45) is 11.3 Å². The summed E-state index contributed by atoms with van der Waals surface area (Å²) in [5, 5.41) is 7.28. The van der Waals surface area contributed by atoms with E-state index >= 15 is 0 Å². The zero-order chi connectivity index (χ0) is 20.8. The van der Waals surface area contributed by atoms with E-state index in [4.69, 9.17) is 9.47 Å². The molecular weight excluding hydrogens is 360 g/mol. The van der Waals surface area contributed by atoms with Crippen LogP contribution in [0.2, 0.25) is 0 Å². The first-order valence-corrected chi connectivity index (χ1v) is 9.88. The molecule has 0 radical (unpaired) electrons. The predicted molar refractivity (Wildman–Crippen MR) is 106 cm³/mol. The zero-order valence-electron chi connectivity index (χ0n) is 17.7. The van der Waals surface area contributed by atoms with Gasteiger partial charge >= 0.3 is 6.09 Å². The van der Waals surface area contributed by atoms with Crippen molar-refractivity contribution in [1.82, 2.24) is 20.0 Å². The lowest BCUT2D eigenvalue weighted by Gasteiger charge is -2.40. The average Bonchev–Trinajstić information content (AvgIpc) is 3.12. The molecule has 2 amide bonds. The molecule has 0 aliphatic carbocycles. The summed E-state index contributed by atoms with van der Waals surface area (Å²) in [5.74, 6) is 0.246. The predicted octanol–water partition coefficient (Wildman–Crippen LogP) is 2.30. The van der Waals surface area contributed by atoms with Gasteiger partial charge in [0.1, 0.15) is 5.60 Å². The van der Waals surface area contributed by atoms with Gasteiger partial charge in [-0.1, -0.05) is 6.92 Å². The second kappa shape index (κ2) is 9.41. The van der Waals surface area contributed by atoms with E-state index in [1.165, 1.54) is 0 Å². The number of aromatic nitrogens is 2. The molecule has 1 N–H and O–H groups in total. The Hall–Kier alpha value is -2.09. The van der Waals surface area contributed by atoms with Crippen LogP contribution in [0.3, 0.4) is 0 Å². The Morgan fingerprint density at radius 3 is 2.50 bits per heavy atom. The Kier molecular flexibility index (Phi) is 7.46. The van der Waals surface area contributed by atoms with Crippen LogP contribution in [-0.2, 0) is 20.8 Å². The van der Waals surface area contributed by atoms with Crippen LogP contribution < -0.4 is 5.32 Å². The fourth-order valence-electron chi connectivity index (χ4n) is 3.40. The number of rotatable bonds is 7. The van der Waals surface area contributed by atoms with Crippen molar-refractivity contribution in [1.29, 1.82) is 0 Å². The van der Waals surface area contributed by atoms with Gasteiger partial charge in [0.15, 0.2) is 0 Å². The number of carbonyl (C=O) groups excluding carboxylic acids is 2. The molecule has 0 spiro atoms. The minimum atomic E-state index is -0.612. The number of hydrogen-bond acceptors (Lipinski definition) is 5. The number of ether oxygens (including phenoxy) is 2. The normalized spacial score (nSPS) is 17.8. The van der Waals surface area contributed by atoms with Gasteiger partial charge in [-0.15, -0.1) is 0 Å². The highest BCUT2D eigenvalue weighted by molar-refractivity contribution is 5.83. The zero-order valence-corrected chi connectivity index (χ0v) is 17.7. The van der Waals surface area contributed by atoms with Crippen LogP contribution in [0.5, 0.6) is 0 Å². The first-order chi connectivity index (χ1) is 13.1. The van der Waals surface area contributed by atoms with E-state index in [0.717, 1.165) is 6.54 Å². The lowest BCUT2D eigenvalue weighted by Crippen LogP contribution is -2.53. The molecule has 2 heterocycles. The summed E-state index contributed by atoms with van der Waals surface area (Å²) in [7, 11) is 1.61. The molecular formula is C20H34N4O4. The standard InChI is InChI=1S/C20H34N4O4/c1-16(14-24-10-6-9-22-24)13-21-17(25)20(15-27-5)7-11-23(12-8-20)18(26)28-19(2,3)4/h6,9-10,16H,7-8,11-15H2,1-5H3,(H,21,25)/t16-/m0/s1. The van der Waals surface area contributed by atoms with Crippen LogP contribution >= 0.6 is 0 Å². The Morgan fingerprint density at radius 2 is 1.96 bits per heavy atom. The molecule has 0 aromatic carbocycles. The molecule has 1 aliphatic heterocycles. The molecule has 0 bridgehead atoms. The van der Waals surface area contributed by atoms with Crippen molar-refractivity contribution >= 4 is 12.0 Å². The molecule has 1 saturated heterocycles. The summed E-state index contributed by atoms with van der Waals surface area (Å²) in [6.45, 7) is 10.2. The first-order valence-electron chi connectivity index (χ1n) is 9.88. The minimum absolute atomic E-state index is 0.00879. The molecule has 8 heteroatoms. The number of methoxy groups -OCH3 is 1. The number of hydrogen-bond donors (Lipinski definition) is 1. The molecule has 28 heavy (non-hydrogen) atoms. The molecule has 1 aromatic heterocycles. The van der Waals surface area contributed by atoms with Crippen LogP contribution in [0.1, 0.15) is 40.5 Å². The monoisotopic (exact) mass is 394 g/mol. The largest absolute Gasteiger partial charge is 0.444 e. The van der Waals surface area contributed by atoms with Crippen LogP contribution in [0, 0.1) is 11.3 Å².